The van der Waals surface area contributed by atoms with E-state index in [1.54, 1.807) is 6.20 Å². The number of aromatic nitrogens is 1. The minimum Gasteiger partial charge on any atom is -0.381 e. The lowest BCUT2D eigenvalue weighted by Gasteiger charge is -2.25. The van der Waals surface area contributed by atoms with Crippen molar-refractivity contribution in [1.82, 2.24) is 15.6 Å². The highest BCUT2D eigenvalue weighted by Crippen LogP contribution is 2.07. The summed E-state index contributed by atoms with van der Waals surface area (Å²) in [6, 6.07) is 4.42. The Bertz CT molecular complexity index is 487. The lowest BCUT2D eigenvalue weighted by atomic mass is 10.1. The zero-order valence-electron chi connectivity index (χ0n) is 13.0. The van der Waals surface area contributed by atoms with Gasteiger partial charge in [0.1, 0.15) is 0 Å². The van der Waals surface area contributed by atoms with E-state index in [1.807, 2.05) is 12.1 Å². The summed E-state index contributed by atoms with van der Waals surface area (Å²) in [7, 11) is 0. The van der Waals surface area contributed by atoms with E-state index < -0.39 is 0 Å². The van der Waals surface area contributed by atoms with Crippen LogP contribution in [0.25, 0.3) is 0 Å². The molecule has 2 heterocycles. The fourth-order valence-corrected chi connectivity index (χ4v) is 2.19. The van der Waals surface area contributed by atoms with Gasteiger partial charge in [0.15, 0.2) is 5.96 Å². The summed E-state index contributed by atoms with van der Waals surface area (Å²) in [6.45, 7) is 8.68. The van der Waals surface area contributed by atoms with Gasteiger partial charge in [-0.3, -0.25) is 4.98 Å². The average Bonchev–Trinajstić information content (AvgIpc) is 2.52. The molecule has 1 aliphatic rings. The van der Waals surface area contributed by atoms with Crippen LogP contribution < -0.4 is 10.6 Å². The predicted molar refractivity (Wildman–Crippen MR) is 101 cm³/mol. The Labute approximate surface area is 149 Å². The fraction of sp³-hybridized carbons (Fsp3) is 0.500. The number of ether oxygens (including phenoxy) is 1. The summed E-state index contributed by atoms with van der Waals surface area (Å²) in [4.78, 5) is 9.00. The lowest BCUT2D eigenvalue weighted by molar-refractivity contribution is 0.0822. The molecule has 0 radical (unpaired) electrons. The lowest BCUT2D eigenvalue weighted by Crippen LogP contribution is -2.45. The third-order valence-corrected chi connectivity index (χ3v) is 3.48. The number of halogens is 1. The molecular formula is C16H25IN4O. The molecule has 0 amide bonds. The smallest absolute Gasteiger partial charge is 0.192 e. The normalized spacial score (nSPS) is 15.8. The highest BCUT2D eigenvalue weighted by molar-refractivity contribution is 14.0. The molecule has 22 heavy (non-hydrogen) atoms. The molecule has 1 aromatic rings. The Balaban J connectivity index is 0.00000242. The molecule has 0 bridgehead atoms. The van der Waals surface area contributed by atoms with E-state index in [4.69, 9.17) is 4.74 Å². The van der Waals surface area contributed by atoms with E-state index >= 15 is 0 Å². The van der Waals surface area contributed by atoms with Crippen molar-refractivity contribution in [1.29, 1.82) is 0 Å². The van der Waals surface area contributed by atoms with Crippen LogP contribution in [0.2, 0.25) is 0 Å². The zero-order valence-corrected chi connectivity index (χ0v) is 15.4. The molecule has 1 aliphatic heterocycles. The zero-order chi connectivity index (χ0) is 14.9. The second-order valence-electron chi connectivity index (χ2n) is 5.13. The summed E-state index contributed by atoms with van der Waals surface area (Å²) in [5.74, 6) is 0.812. The van der Waals surface area contributed by atoms with Crippen LogP contribution in [-0.2, 0) is 11.3 Å². The van der Waals surface area contributed by atoms with Gasteiger partial charge in [-0.15, -0.1) is 30.6 Å². The monoisotopic (exact) mass is 416 g/mol. The Morgan fingerprint density at radius 3 is 2.95 bits per heavy atom. The van der Waals surface area contributed by atoms with Gasteiger partial charge in [-0.2, -0.15) is 0 Å². The first-order valence-corrected chi connectivity index (χ1v) is 7.43. The van der Waals surface area contributed by atoms with Crippen LogP contribution in [0.15, 0.2) is 36.0 Å². The van der Waals surface area contributed by atoms with E-state index in [9.17, 15) is 0 Å². The molecule has 0 aromatic carbocycles. The molecular weight excluding hydrogens is 391 g/mol. The minimum absolute atomic E-state index is 0. The molecule has 0 saturated carbocycles. The van der Waals surface area contributed by atoms with Gasteiger partial charge in [0, 0.05) is 32.0 Å². The van der Waals surface area contributed by atoms with Gasteiger partial charge in [-0.25, -0.2) is 4.99 Å². The van der Waals surface area contributed by atoms with Crippen molar-refractivity contribution in [2.24, 2.45) is 4.99 Å². The summed E-state index contributed by atoms with van der Waals surface area (Å²) in [5, 5.41) is 6.72. The third-order valence-electron chi connectivity index (χ3n) is 3.48. The van der Waals surface area contributed by atoms with Crippen LogP contribution in [0.1, 0.15) is 24.1 Å². The number of rotatable bonds is 5. The largest absolute Gasteiger partial charge is 0.381 e. The number of nitrogens with one attached hydrogen (secondary N) is 2. The average molecular weight is 416 g/mol. The second kappa shape index (κ2) is 10.6. The number of aliphatic imine (C=N–C) groups is 1. The first-order chi connectivity index (χ1) is 10.3. The third kappa shape index (κ3) is 6.31. The first kappa shape index (κ1) is 18.9. The van der Waals surface area contributed by atoms with E-state index in [-0.39, 0.29) is 24.0 Å². The molecule has 0 aliphatic carbocycles. The molecule has 0 unspecified atom stereocenters. The minimum atomic E-state index is 0. The molecule has 1 saturated heterocycles. The predicted octanol–water partition coefficient (Wildman–Crippen LogP) is 2.41. The van der Waals surface area contributed by atoms with Crippen LogP contribution in [-0.4, -0.2) is 36.7 Å². The molecule has 1 aromatic heterocycles. The van der Waals surface area contributed by atoms with Gasteiger partial charge >= 0.3 is 0 Å². The topological polar surface area (TPSA) is 58.5 Å². The van der Waals surface area contributed by atoms with E-state index in [2.05, 4.69) is 40.2 Å². The van der Waals surface area contributed by atoms with Gasteiger partial charge in [0.25, 0.3) is 0 Å². The number of hydrogen-bond donors (Lipinski definition) is 2. The maximum atomic E-state index is 5.38. The van der Waals surface area contributed by atoms with Crippen LogP contribution >= 0.6 is 24.0 Å². The van der Waals surface area contributed by atoms with Gasteiger partial charge in [-0.05, 0) is 31.4 Å². The number of hydrogen-bond acceptors (Lipinski definition) is 3. The van der Waals surface area contributed by atoms with Crippen LogP contribution in [0.5, 0.6) is 0 Å². The van der Waals surface area contributed by atoms with Gasteiger partial charge in [-0.1, -0.05) is 12.1 Å². The van der Waals surface area contributed by atoms with Crippen molar-refractivity contribution >= 4 is 29.9 Å². The molecule has 2 N–H and O–H groups in total. The number of aryl methyl sites for hydroxylation is 1. The van der Waals surface area contributed by atoms with Crippen molar-refractivity contribution in [3.8, 4) is 0 Å². The van der Waals surface area contributed by atoms with E-state index in [0.717, 1.165) is 43.3 Å². The summed E-state index contributed by atoms with van der Waals surface area (Å²) in [5.41, 5.74) is 2.17. The molecule has 0 atom stereocenters. The van der Waals surface area contributed by atoms with Crippen molar-refractivity contribution in [3.05, 3.63) is 42.2 Å². The van der Waals surface area contributed by atoms with Gasteiger partial charge in [0.05, 0.1) is 12.2 Å². The Kier molecular flexibility index (Phi) is 9.07. The number of nitrogens with zero attached hydrogens (tertiary/aromatic N) is 2. The summed E-state index contributed by atoms with van der Waals surface area (Å²) < 4.78 is 5.38. The number of guanidine groups is 1. The van der Waals surface area contributed by atoms with E-state index in [1.165, 1.54) is 0 Å². The Hall–Kier alpha value is -1.15. The van der Waals surface area contributed by atoms with Crippen molar-refractivity contribution in [3.63, 3.8) is 0 Å². The Morgan fingerprint density at radius 1 is 1.50 bits per heavy atom. The quantitative estimate of drug-likeness (QED) is 0.335. The molecule has 6 heteroatoms. The highest BCUT2D eigenvalue weighted by atomic mass is 127. The van der Waals surface area contributed by atoms with Gasteiger partial charge in [0.2, 0.25) is 0 Å². The fourth-order valence-electron chi connectivity index (χ4n) is 2.19. The summed E-state index contributed by atoms with van der Waals surface area (Å²) >= 11 is 0. The standard InChI is InChI=1S/C16H24N4O.HI/c1-3-8-18-16(20-14-6-10-21-11-7-14)19-12-15-13(2)5-4-9-17-15;/h3-5,9,14H,1,6-8,10-12H2,2H3,(H2,18,19,20);1H. The van der Waals surface area contributed by atoms with Crippen LogP contribution in [0.3, 0.4) is 0 Å². The van der Waals surface area contributed by atoms with Crippen LogP contribution in [0.4, 0.5) is 0 Å². The van der Waals surface area contributed by atoms with Crippen molar-refractivity contribution < 1.29 is 4.74 Å². The molecule has 122 valence electrons. The SMILES string of the molecule is C=CCNC(=NCc1ncccc1C)NC1CCOCC1.I. The molecule has 1 fully saturated rings. The highest BCUT2D eigenvalue weighted by Gasteiger charge is 2.14. The van der Waals surface area contributed by atoms with Gasteiger partial charge < -0.3 is 15.4 Å². The summed E-state index contributed by atoms with van der Waals surface area (Å²) in [6.07, 6.45) is 5.66. The number of pyridine rings is 1. The first-order valence-electron chi connectivity index (χ1n) is 7.43. The molecule has 0 spiro atoms. The maximum absolute atomic E-state index is 5.38. The molecule has 5 nitrogen and oxygen atoms in total. The van der Waals surface area contributed by atoms with Crippen molar-refractivity contribution in [2.45, 2.75) is 32.4 Å². The maximum Gasteiger partial charge on any atom is 0.192 e. The van der Waals surface area contributed by atoms with Crippen LogP contribution in [0, 0.1) is 6.92 Å². The van der Waals surface area contributed by atoms with Crippen molar-refractivity contribution in [2.75, 3.05) is 19.8 Å². The van der Waals surface area contributed by atoms with E-state index in [0.29, 0.717) is 19.1 Å². The second-order valence-corrected chi connectivity index (χ2v) is 5.13. The Morgan fingerprint density at radius 2 is 2.27 bits per heavy atom. The molecule has 2 rings (SSSR count).